The van der Waals surface area contributed by atoms with E-state index in [1.54, 1.807) is 6.92 Å². The van der Waals surface area contributed by atoms with E-state index in [4.69, 9.17) is 21.1 Å². The second kappa shape index (κ2) is 8.52. The Bertz CT molecular complexity index is 466. The Balaban J connectivity index is 2.86. The topological polar surface area (TPSA) is 55.8 Å². The van der Waals surface area contributed by atoms with Crippen LogP contribution in [0.3, 0.4) is 0 Å². The smallest absolute Gasteiger partial charge is 0.410 e. The van der Waals surface area contributed by atoms with E-state index >= 15 is 0 Å². The minimum Gasteiger partial charge on any atom is -0.465 e. The molecule has 1 amide bonds. The first-order chi connectivity index (χ1) is 10.0. The van der Waals surface area contributed by atoms with Crippen molar-refractivity contribution in [3.05, 3.63) is 35.9 Å². The maximum Gasteiger partial charge on any atom is 0.410 e. The Kier molecular flexibility index (Phi) is 7.02. The molecular formula is C15H20ClNO4. The van der Waals surface area contributed by atoms with E-state index < -0.39 is 17.4 Å². The highest BCUT2D eigenvalue weighted by atomic mass is 35.5. The zero-order chi connectivity index (χ0) is 15.8. The number of amides is 1. The molecule has 0 saturated heterocycles. The molecule has 0 unspecified atom stereocenters. The first-order valence-electron chi connectivity index (χ1n) is 6.71. The molecule has 5 nitrogen and oxygen atoms in total. The molecule has 0 N–H and O–H groups in total. The molecule has 1 aromatic carbocycles. The lowest BCUT2D eigenvalue weighted by Gasteiger charge is -2.29. The first-order valence-corrected chi connectivity index (χ1v) is 7.15. The van der Waals surface area contributed by atoms with Crippen LogP contribution >= 0.6 is 11.6 Å². The number of halogens is 1. The van der Waals surface area contributed by atoms with Gasteiger partial charge >= 0.3 is 12.1 Å². The lowest BCUT2D eigenvalue weighted by atomic mass is 10.1. The van der Waals surface area contributed by atoms with Gasteiger partial charge in [-0.25, -0.2) is 4.79 Å². The van der Waals surface area contributed by atoms with Gasteiger partial charge in [-0.3, -0.25) is 9.69 Å². The molecule has 0 aromatic heterocycles. The number of esters is 1. The number of methoxy groups -OCH3 is 1. The molecule has 6 heteroatoms. The van der Waals surface area contributed by atoms with Gasteiger partial charge in [0.1, 0.15) is 5.38 Å². The molecule has 0 aliphatic heterocycles. The Labute approximate surface area is 129 Å². The van der Waals surface area contributed by atoms with E-state index in [1.807, 2.05) is 37.3 Å². The number of ether oxygens (including phenoxy) is 2. The monoisotopic (exact) mass is 313 g/mol. The standard InChI is InChI=1S/C15H20ClNO4/c1-4-21-14(18)13(16)10-17(15(19)20-3)11(2)12-8-6-5-7-9-12/h5-9,11,13H,4,10H2,1-3H3/t11-,13+/m1/s1. The average molecular weight is 314 g/mol. The van der Waals surface area contributed by atoms with Gasteiger partial charge in [-0.1, -0.05) is 30.3 Å². The van der Waals surface area contributed by atoms with Crippen LogP contribution in [0.4, 0.5) is 4.79 Å². The second-order valence-electron chi connectivity index (χ2n) is 4.43. The second-order valence-corrected chi connectivity index (χ2v) is 4.96. The molecule has 116 valence electrons. The van der Waals surface area contributed by atoms with Gasteiger partial charge in [-0.15, -0.1) is 11.6 Å². The van der Waals surface area contributed by atoms with Crippen molar-refractivity contribution in [2.24, 2.45) is 0 Å². The van der Waals surface area contributed by atoms with E-state index in [2.05, 4.69) is 0 Å². The zero-order valence-corrected chi connectivity index (χ0v) is 13.2. The van der Waals surface area contributed by atoms with Gasteiger partial charge in [0, 0.05) is 0 Å². The Morgan fingerprint density at radius 3 is 2.43 bits per heavy atom. The summed E-state index contributed by atoms with van der Waals surface area (Å²) in [6.45, 7) is 3.81. The number of hydrogen-bond donors (Lipinski definition) is 0. The first kappa shape index (κ1) is 17.3. The molecular weight excluding hydrogens is 294 g/mol. The fourth-order valence-electron chi connectivity index (χ4n) is 1.90. The van der Waals surface area contributed by atoms with E-state index in [0.29, 0.717) is 0 Å². The molecule has 0 aliphatic carbocycles. The van der Waals surface area contributed by atoms with Crippen molar-refractivity contribution >= 4 is 23.7 Å². The normalized spacial score (nSPS) is 13.1. The van der Waals surface area contributed by atoms with Crippen molar-refractivity contribution in [3.63, 3.8) is 0 Å². The molecule has 21 heavy (non-hydrogen) atoms. The van der Waals surface area contributed by atoms with Gasteiger partial charge < -0.3 is 9.47 Å². The predicted octanol–water partition coefficient (Wildman–Crippen LogP) is 2.99. The highest BCUT2D eigenvalue weighted by Gasteiger charge is 2.28. The summed E-state index contributed by atoms with van der Waals surface area (Å²) in [7, 11) is 1.29. The summed E-state index contributed by atoms with van der Waals surface area (Å²) >= 11 is 6.01. The van der Waals surface area contributed by atoms with Crippen LogP contribution in [0.2, 0.25) is 0 Å². The highest BCUT2D eigenvalue weighted by Crippen LogP contribution is 2.22. The Morgan fingerprint density at radius 2 is 1.90 bits per heavy atom. The van der Waals surface area contributed by atoms with E-state index in [9.17, 15) is 9.59 Å². The van der Waals surface area contributed by atoms with Crippen molar-refractivity contribution in [1.82, 2.24) is 4.90 Å². The van der Waals surface area contributed by atoms with Crippen LogP contribution in [0, 0.1) is 0 Å². The van der Waals surface area contributed by atoms with Crippen LogP contribution in [0.5, 0.6) is 0 Å². The van der Waals surface area contributed by atoms with E-state index in [0.717, 1.165) is 5.56 Å². The molecule has 1 rings (SSSR count). The summed E-state index contributed by atoms with van der Waals surface area (Å²) in [5.74, 6) is -0.548. The molecule has 0 spiro atoms. The van der Waals surface area contributed by atoms with Crippen LogP contribution in [-0.2, 0) is 14.3 Å². The van der Waals surface area contributed by atoms with Crippen molar-refractivity contribution in [2.75, 3.05) is 20.3 Å². The van der Waals surface area contributed by atoms with Crippen LogP contribution in [0.1, 0.15) is 25.5 Å². The van der Waals surface area contributed by atoms with Gasteiger partial charge in [-0.2, -0.15) is 0 Å². The van der Waals surface area contributed by atoms with Crippen molar-refractivity contribution < 1.29 is 19.1 Å². The minimum absolute atomic E-state index is 0.0170. The summed E-state index contributed by atoms with van der Waals surface area (Å²) in [6.07, 6.45) is -0.540. The SMILES string of the molecule is CCOC(=O)[C@@H](Cl)CN(C(=O)OC)[C@H](C)c1ccccc1. The maximum atomic E-state index is 11.9. The Hall–Kier alpha value is -1.75. The summed E-state index contributed by atoms with van der Waals surface area (Å²) in [4.78, 5) is 25.0. The molecule has 2 atom stereocenters. The number of carbonyl (C=O) groups excluding carboxylic acids is 2. The molecule has 0 fully saturated rings. The molecule has 0 radical (unpaired) electrons. The average Bonchev–Trinajstić information content (AvgIpc) is 2.52. The molecule has 0 bridgehead atoms. The predicted molar refractivity (Wildman–Crippen MR) is 80.2 cm³/mol. The van der Waals surface area contributed by atoms with Gasteiger partial charge in [-0.05, 0) is 19.4 Å². The maximum absolute atomic E-state index is 11.9. The molecule has 0 aliphatic rings. The third-order valence-corrected chi connectivity index (χ3v) is 3.37. The largest absolute Gasteiger partial charge is 0.465 e. The van der Waals surface area contributed by atoms with Crippen LogP contribution in [0.25, 0.3) is 0 Å². The van der Waals surface area contributed by atoms with Crippen LogP contribution < -0.4 is 0 Å². The zero-order valence-electron chi connectivity index (χ0n) is 12.4. The lowest BCUT2D eigenvalue weighted by molar-refractivity contribution is -0.143. The van der Waals surface area contributed by atoms with Crippen molar-refractivity contribution in [1.29, 1.82) is 0 Å². The van der Waals surface area contributed by atoms with Crippen molar-refractivity contribution in [3.8, 4) is 0 Å². The minimum atomic E-state index is -0.935. The quantitative estimate of drug-likeness (QED) is 0.598. The number of nitrogens with zero attached hydrogens (tertiary/aromatic N) is 1. The number of alkyl halides is 1. The molecule has 0 saturated carbocycles. The van der Waals surface area contributed by atoms with Crippen LogP contribution in [0.15, 0.2) is 30.3 Å². The van der Waals surface area contributed by atoms with Crippen molar-refractivity contribution in [2.45, 2.75) is 25.3 Å². The molecule has 0 heterocycles. The van der Waals surface area contributed by atoms with Crippen LogP contribution in [-0.4, -0.2) is 42.6 Å². The Morgan fingerprint density at radius 1 is 1.29 bits per heavy atom. The third kappa shape index (κ3) is 4.93. The summed E-state index contributed by atoms with van der Waals surface area (Å²) < 4.78 is 9.63. The third-order valence-electron chi connectivity index (χ3n) is 3.06. The fourth-order valence-corrected chi connectivity index (χ4v) is 2.11. The van der Waals surface area contributed by atoms with E-state index in [1.165, 1.54) is 12.0 Å². The number of rotatable bonds is 6. The number of carbonyl (C=O) groups is 2. The van der Waals surface area contributed by atoms with Gasteiger partial charge in [0.15, 0.2) is 0 Å². The summed E-state index contributed by atoms with van der Waals surface area (Å²) in [5.41, 5.74) is 0.927. The fraction of sp³-hybridized carbons (Fsp3) is 0.467. The van der Waals surface area contributed by atoms with Gasteiger partial charge in [0.25, 0.3) is 0 Å². The summed E-state index contributed by atoms with van der Waals surface area (Å²) in [5, 5.41) is -0.935. The number of benzene rings is 1. The van der Waals surface area contributed by atoms with Gasteiger partial charge in [0.05, 0.1) is 26.3 Å². The number of hydrogen-bond acceptors (Lipinski definition) is 4. The lowest BCUT2D eigenvalue weighted by Crippen LogP contribution is -2.40. The molecule has 1 aromatic rings. The van der Waals surface area contributed by atoms with Gasteiger partial charge in [0.2, 0.25) is 0 Å². The highest BCUT2D eigenvalue weighted by molar-refractivity contribution is 6.30. The summed E-state index contributed by atoms with van der Waals surface area (Å²) in [6, 6.07) is 9.18. The van der Waals surface area contributed by atoms with E-state index in [-0.39, 0.29) is 19.2 Å².